The molecule has 4 aromatic carbocycles. The molecule has 44 heavy (non-hydrogen) atoms. The van der Waals surface area contributed by atoms with Gasteiger partial charge in [-0.25, -0.2) is 0 Å². The standard InChI is InChI=1S/C41H54NOP/c1-10-25-41(11-2,35-27-33(39(4,5)6)26-34(37(35)43)40(7,8)9)44-38-30(3)19-18-24-36(38)42(28-31-20-14-12-15-21-31)29-32-22-16-13-17-23-32/h12-24,26-27,43-44H,10-11,25,28-29H2,1-9H3. The molecular formula is C41H54NOP. The van der Waals surface area contributed by atoms with E-state index in [1.807, 2.05) is 0 Å². The number of rotatable bonds is 11. The van der Waals surface area contributed by atoms with Crippen LogP contribution in [-0.2, 0) is 29.1 Å². The van der Waals surface area contributed by atoms with Crippen molar-refractivity contribution < 1.29 is 5.11 Å². The molecule has 0 fully saturated rings. The zero-order chi connectivity index (χ0) is 32.1. The summed E-state index contributed by atoms with van der Waals surface area (Å²) in [5.74, 6) is 0.494. The van der Waals surface area contributed by atoms with Crippen LogP contribution in [0.15, 0.2) is 91.0 Å². The Labute approximate surface area is 269 Å². The number of nitrogens with zero attached hydrogens (tertiary/aromatic N) is 1. The van der Waals surface area contributed by atoms with E-state index in [2.05, 4.69) is 158 Å². The Balaban J connectivity index is 1.92. The van der Waals surface area contributed by atoms with Gasteiger partial charge < -0.3 is 10.0 Å². The minimum Gasteiger partial charge on any atom is -0.507 e. The van der Waals surface area contributed by atoms with Gasteiger partial charge in [-0.3, -0.25) is 0 Å². The third-order valence-electron chi connectivity index (χ3n) is 8.97. The van der Waals surface area contributed by atoms with Gasteiger partial charge >= 0.3 is 0 Å². The molecule has 2 unspecified atom stereocenters. The van der Waals surface area contributed by atoms with E-state index in [1.54, 1.807) is 0 Å². The van der Waals surface area contributed by atoms with E-state index in [9.17, 15) is 5.11 Å². The van der Waals surface area contributed by atoms with Crippen LogP contribution in [0, 0.1) is 6.92 Å². The van der Waals surface area contributed by atoms with Crippen molar-refractivity contribution in [1.82, 2.24) is 0 Å². The fraction of sp³-hybridized carbons (Fsp3) is 0.415. The summed E-state index contributed by atoms with van der Waals surface area (Å²) in [6.07, 6.45) is 3.05. The first-order chi connectivity index (χ1) is 20.8. The summed E-state index contributed by atoms with van der Waals surface area (Å²) in [7, 11) is 0.516. The Morgan fingerprint density at radius 3 is 1.70 bits per heavy atom. The SMILES string of the molecule is CCCC(CC)(Pc1c(C)cccc1N(Cc1ccccc1)Cc1ccccc1)c1cc(C(C)(C)C)cc(C(C)(C)C)c1O. The first-order valence-corrected chi connectivity index (χ1v) is 17.4. The minimum absolute atomic E-state index is 0.0206. The molecule has 0 saturated carbocycles. The quantitative estimate of drug-likeness (QED) is 0.171. The number of phenolic OH excluding ortho intramolecular Hbond substituents is 1. The molecule has 0 aromatic heterocycles. The Kier molecular flexibility index (Phi) is 10.7. The molecule has 0 saturated heterocycles. The van der Waals surface area contributed by atoms with Gasteiger partial charge in [0.05, 0.1) is 0 Å². The Morgan fingerprint density at radius 2 is 1.23 bits per heavy atom. The summed E-state index contributed by atoms with van der Waals surface area (Å²) in [5, 5.41) is 13.4. The van der Waals surface area contributed by atoms with Gasteiger partial charge in [0.15, 0.2) is 0 Å². The minimum atomic E-state index is -0.174. The number of benzene rings is 4. The summed E-state index contributed by atoms with van der Waals surface area (Å²) in [4.78, 5) is 2.55. The van der Waals surface area contributed by atoms with Crippen molar-refractivity contribution in [3.05, 3.63) is 124 Å². The van der Waals surface area contributed by atoms with Crippen LogP contribution in [0.3, 0.4) is 0 Å². The van der Waals surface area contributed by atoms with E-state index in [-0.39, 0.29) is 16.0 Å². The van der Waals surface area contributed by atoms with Crippen LogP contribution in [-0.4, -0.2) is 5.11 Å². The maximum atomic E-state index is 12.1. The highest BCUT2D eigenvalue weighted by Gasteiger charge is 2.37. The Bertz CT molecular complexity index is 1470. The molecule has 1 N–H and O–H groups in total. The van der Waals surface area contributed by atoms with E-state index >= 15 is 0 Å². The van der Waals surface area contributed by atoms with Crippen molar-refractivity contribution in [3.8, 4) is 5.75 Å². The molecule has 0 radical (unpaired) electrons. The van der Waals surface area contributed by atoms with E-state index in [4.69, 9.17) is 0 Å². The fourth-order valence-electron chi connectivity index (χ4n) is 6.30. The van der Waals surface area contributed by atoms with Crippen molar-refractivity contribution in [2.45, 2.75) is 111 Å². The maximum absolute atomic E-state index is 12.1. The van der Waals surface area contributed by atoms with Crippen LogP contribution in [0.1, 0.15) is 108 Å². The lowest BCUT2D eigenvalue weighted by molar-refractivity contribution is 0.418. The van der Waals surface area contributed by atoms with Crippen molar-refractivity contribution in [2.75, 3.05) is 4.90 Å². The van der Waals surface area contributed by atoms with E-state index in [1.165, 1.54) is 33.2 Å². The van der Waals surface area contributed by atoms with Crippen LogP contribution in [0.4, 0.5) is 5.69 Å². The van der Waals surface area contributed by atoms with Crippen molar-refractivity contribution in [1.29, 1.82) is 0 Å². The average molecular weight is 608 g/mol. The number of aromatic hydroxyl groups is 1. The predicted octanol–water partition coefficient (Wildman–Crippen LogP) is 10.9. The smallest absolute Gasteiger partial charge is 0.123 e. The van der Waals surface area contributed by atoms with Crippen molar-refractivity contribution >= 4 is 19.6 Å². The molecule has 0 spiro atoms. The molecule has 3 heteroatoms. The van der Waals surface area contributed by atoms with Crippen LogP contribution < -0.4 is 10.2 Å². The lowest BCUT2D eigenvalue weighted by atomic mass is 9.76. The first kappa shape index (κ1) is 33.8. The number of hydrogen-bond acceptors (Lipinski definition) is 2. The highest BCUT2D eigenvalue weighted by molar-refractivity contribution is 7.49. The Hall–Kier alpha value is -3.09. The van der Waals surface area contributed by atoms with Gasteiger partial charge in [0.25, 0.3) is 0 Å². The molecule has 2 atom stereocenters. The normalized spacial score (nSPS) is 13.8. The molecule has 0 bridgehead atoms. The molecule has 2 nitrogen and oxygen atoms in total. The molecule has 0 heterocycles. The van der Waals surface area contributed by atoms with E-state index < -0.39 is 0 Å². The van der Waals surface area contributed by atoms with Gasteiger partial charge in [0, 0.05) is 29.5 Å². The summed E-state index contributed by atoms with van der Waals surface area (Å²) in [6, 6.07) is 33.1. The second-order valence-electron chi connectivity index (χ2n) is 14.5. The lowest BCUT2D eigenvalue weighted by Crippen LogP contribution is -2.30. The zero-order valence-corrected chi connectivity index (χ0v) is 29.6. The van der Waals surface area contributed by atoms with Gasteiger partial charge in [-0.05, 0) is 69.8 Å². The summed E-state index contributed by atoms with van der Waals surface area (Å²) in [5.41, 5.74) is 8.53. The summed E-state index contributed by atoms with van der Waals surface area (Å²) in [6.45, 7) is 22.1. The third kappa shape index (κ3) is 7.76. The van der Waals surface area contributed by atoms with Crippen molar-refractivity contribution in [2.24, 2.45) is 0 Å². The average Bonchev–Trinajstić information content (AvgIpc) is 2.97. The molecular weight excluding hydrogens is 553 g/mol. The van der Waals surface area contributed by atoms with Crippen LogP contribution >= 0.6 is 8.58 Å². The van der Waals surface area contributed by atoms with Crippen LogP contribution in [0.5, 0.6) is 5.75 Å². The van der Waals surface area contributed by atoms with Gasteiger partial charge in [0.1, 0.15) is 5.75 Å². The molecule has 0 aliphatic carbocycles. The van der Waals surface area contributed by atoms with Crippen LogP contribution in [0.25, 0.3) is 0 Å². The first-order valence-electron chi connectivity index (χ1n) is 16.4. The molecule has 0 aliphatic heterocycles. The van der Waals surface area contributed by atoms with Gasteiger partial charge in [-0.1, -0.05) is 155 Å². The largest absolute Gasteiger partial charge is 0.507 e. The second-order valence-corrected chi connectivity index (χ2v) is 16.2. The number of anilines is 1. The highest BCUT2D eigenvalue weighted by atomic mass is 31.1. The predicted molar refractivity (Wildman–Crippen MR) is 194 cm³/mol. The molecule has 4 rings (SSSR count). The maximum Gasteiger partial charge on any atom is 0.123 e. The van der Waals surface area contributed by atoms with Crippen molar-refractivity contribution in [3.63, 3.8) is 0 Å². The second kappa shape index (κ2) is 13.9. The van der Waals surface area contributed by atoms with Crippen LogP contribution in [0.2, 0.25) is 0 Å². The third-order valence-corrected chi connectivity index (χ3v) is 11.2. The number of phenols is 1. The van der Waals surface area contributed by atoms with E-state index in [0.717, 1.165) is 43.5 Å². The summed E-state index contributed by atoms with van der Waals surface area (Å²) >= 11 is 0. The van der Waals surface area contributed by atoms with Gasteiger partial charge in [0.2, 0.25) is 0 Å². The summed E-state index contributed by atoms with van der Waals surface area (Å²) < 4.78 is 0. The zero-order valence-electron chi connectivity index (χ0n) is 28.6. The fourth-order valence-corrected chi connectivity index (χ4v) is 8.31. The molecule has 4 aromatic rings. The topological polar surface area (TPSA) is 23.5 Å². The number of aryl methyl sites for hydroxylation is 1. The number of hydrogen-bond donors (Lipinski definition) is 1. The monoisotopic (exact) mass is 607 g/mol. The lowest BCUT2D eigenvalue weighted by Gasteiger charge is -2.39. The molecule has 0 amide bonds. The van der Waals surface area contributed by atoms with Gasteiger partial charge in [-0.15, -0.1) is 0 Å². The molecule has 0 aliphatic rings. The highest BCUT2D eigenvalue weighted by Crippen LogP contribution is 2.54. The molecule has 234 valence electrons. The Morgan fingerprint density at radius 1 is 0.682 bits per heavy atom. The van der Waals surface area contributed by atoms with Gasteiger partial charge in [-0.2, -0.15) is 0 Å². The van der Waals surface area contributed by atoms with E-state index in [0.29, 0.717) is 14.3 Å².